The summed E-state index contributed by atoms with van der Waals surface area (Å²) in [6, 6.07) is 9.20. The number of carbonyl (C=O) groups excluding carboxylic acids is 2. The molecular formula is C17H20N2O2. The third-order valence-electron chi connectivity index (χ3n) is 5.23. The highest BCUT2D eigenvalue weighted by molar-refractivity contribution is 5.95. The predicted molar refractivity (Wildman–Crippen MR) is 78.3 cm³/mol. The lowest BCUT2D eigenvalue weighted by atomic mass is 9.95. The molecular weight excluding hydrogens is 264 g/mol. The Morgan fingerprint density at radius 3 is 2.48 bits per heavy atom. The number of amides is 2. The van der Waals surface area contributed by atoms with Gasteiger partial charge in [0, 0.05) is 6.54 Å². The third-order valence-corrected chi connectivity index (χ3v) is 5.23. The first-order chi connectivity index (χ1) is 10.2. The molecule has 2 aliphatic carbocycles. The fraction of sp³-hybridized carbons (Fsp3) is 0.529. The Kier molecular flexibility index (Phi) is 2.81. The zero-order chi connectivity index (χ0) is 14.4. The van der Waals surface area contributed by atoms with Gasteiger partial charge in [-0.3, -0.25) is 9.59 Å². The van der Waals surface area contributed by atoms with Gasteiger partial charge >= 0.3 is 0 Å². The van der Waals surface area contributed by atoms with E-state index in [1.165, 1.54) is 25.7 Å². The van der Waals surface area contributed by atoms with Crippen LogP contribution in [0.2, 0.25) is 0 Å². The summed E-state index contributed by atoms with van der Waals surface area (Å²) in [6.45, 7) is 0.895. The van der Waals surface area contributed by atoms with Gasteiger partial charge in [-0.25, -0.2) is 0 Å². The number of nitrogens with one attached hydrogen (secondary N) is 1. The quantitative estimate of drug-likeness (QED) is 0.917. The maximum Gasteiger partial charge on any atom is 0.247 e. The van der Waals surface area contributed by atoms with Crippen molar-refractivity contribution in [1.82, 2.24) is 10.2 Å². The van der Waals surface area contributed by atoms with Gasteiger partial charge in [0.1, 0.15) is 6.04 Å². The average molecular weight is 284 g/mol. The fourth-order valence-corrected chi connectivity index (χ4v) is 3.68. The summed E-state index contributed by atoms with van der Waals surface area (Å²) in [5.74, 6) is 0.787. The van der Waals surface area contributed by atoms with Crippen LogP contribution in [-0.4, -0.2) is 29.8 Å². The Morgan fingerprint density at radius 1 is 1.14 bits per heavy atom. The van der Waals surface area contributed by atoms with Gasteiger partial charge in [-0.15, -0.1) is 0 Å². The standard InChI is InChI=1S/C17H20N2O2/c20-14-10-18-16(21)15(12-4-2-1-3-5-12)19(14)11-17(8-9-17)13-6-7-13/h1-5,13,15H,6-11H2,(H,18,21). The number of benzene rings is 1. The number of carbonyl (C=O) groups is 2. The molecule has 3 aliphatic rings. The van der Waals surface area contributed by atoms with Crippen molar-refractivity contribution in [3.05, 3.63) is 35.9 Å². The smallest absolute Gasteiger partial charge is 0.247 e. The van der Waals surface area contributed by atoms with E-state index < -0.39 is 6.04 Å². The predicted octanol–water partition coefficient (Wildman–Crippen LogP) is 1.88. The molecule has 3 fully saturated rings. The summed E-state index contributed by atoms with van der Waals surface area (Å²) < 4.78 is 0. The molecule has 21 heavy (non-hydrogen) atoms. The first-order valence-electron chi connectivity index (χ1n) is 7.82. The van der Waals surface area contributed by atoms with Crippen LogP contribution in [0, 0.1) is 11.3 Å². The van der Waals surface area contributed by atoms with E-state index in [0.717, 1.165) is 18.0 Å². The molecule has 4 heteroatoms. The molecule has 1 atom stereocenters. The second kappa shape index (κ2) is 4.58. The van der Waals surface area contributed by atoms with Gasteiger partial charge in [-0.05, 0) is 42.6 Å². The number of rotatable bonds is 4. The molecule has 1 saturated heterocycles. The first-order valence-corrected chi connectivity index (χ1v) is 7.82. The van der Waals surface area contributed by atoms with Crippen LogP contribution in [0.5, 0.6) is 0 Å². The summed E-state index contributed by atoms with van der Waals surface area (Å²) >= 11 is 0. The Labute approximate surface area is 124 Å². The van der Waals surface area contributed by atoms with E-state index in [-0.39, 0.29) is 18.4 Å². The SMILES string of the molecule is O=C1NCC(=O)N(CC2(C3CC3)CC2)C1c1ccccc1. The molecule has 1 N–H and O–H groups in total. The highest BCUT2D eigenvalue weighted by Gasteiger charge is 2.56. The largest absolute Gasteiger partial charge is 0.345 e. The van der Waals surface area contributed by atoms with Gasteiger partial charge in [0.15, 0.2) is 0 Å². The minimum absolute atomic E-state index is 0.0487. The lowest BCUT2D eigenvalue weighted by molar-refractivity contribution is -0.147. The van der Waals surface area contributed by atoms with Crippen LogP contribution in [-0.2, 0) is 9.59 Å². The highest BCUT2D eigenvalue weighted by atomic mass is 16.2. The van der Waals surface area contributed by atoms with Crippen LogP contribution in [0.3, 0.4) is 0 Å². The van der Waals surface area contributed by atoms with Gasteiger partial charge in [0.05, 0.1) is 6.54 Å². The number of hydrogen-bond acceptors (Lipinski definition) is 2. The van der Waals surface area contributed by atoms with E-state index in [2.05, 4.69) is 5.32 Å². The molecule has 110 valence electrons. The van der Waals surface area contributed by atoms with E-state index in [0.29, 0.717) is 5.41 Å². The highest BCUT2D eigenvalue weighted by Crippen LogP contribution is 2.62. The summed E-state index contributed by atoms with van der Waals surface area (Å²) in [5, 5.41) is 2.73. The van der Waals surface area contributed by atoms with Crippen molar-refractivity contribution >= 4 is 11.8 Å². The molecule has 2 saturated carbocycles. The van der Waals surface area contributed by atoms with Crippen molar-refractivity contribution in [2.24, 2.45) is 11.3 Å². The lowest BCUT2D eigenvalue weighted by Gasteiger charge is -2.37. The molecule has 4 nitrogen and oxygen atoms in total. The minimum atomic E-state index is -0.455. The molecule has 1 aliphatic heterocycles. The van der Waals surface area contributed by atoms with E-state index in [1.54, 1.807) is 0 Å². The average Bonchev–Trinajstić information content (AvgIpc) is 3.37. The van der Waals surface area contributed by atoms with Gasteiger partial charge < -0.3 is 10.2 Å². The summed E-state index contributed by atoms with van der Waals surface area (Å²) in [4.78, 5) is 26.6. The van der Waals surface area contributed by atoms with Crippen LogP contribution in [0.25, 0.3) is 0 Å². The van der Waals surface area contributed by atoms with Gasteiger partial charge in [-0.2, -0.15) is 0 Å². The second-order valence-corrected chi connectivity index (χ2v) is 6.69. The molecule has 0 radical (unpaired) electrons. The Balaban J connectivity index is 1.63. The van der Waals surface area contributed by atoms with E-state index in [9.17, 15) is 9.59 Å². The van der Waals surface area contributed by atoms with Crippen LogP contribution in [0.1, 0.15) is 37.3 Å². The second-order valence-electron chi connectivity index (χ2n) is 6.69. The molecule has 1 aromatic rings. The Hall–Kier alpha value is -1.84. The molecule has 0 bridgehead atoms. The van der Waals surface area contributed by atoms with Crippen LogP contribution < -0.4 is 5.32 Å². The maximum absolute atomic E-state index is 12.4. The third kappa shape index (κ3) is 2.23. The van der Waals surface area contributed by atoms with Crippen LogP contribution >= 0.6 is 0 Å². The number of nitrogens with zero attached hydrogens (tertiary/aromatic N) is 1. The number of hydrogen-bond donors (Lipinski definition) is 1. The molecule has 2 amide bonds. The van der Waals surface area contributed by atoms with Crippen molar-refractivity contribution in [1.29, 1.82) is 0 Å². The van der Waals surface area contributed by atoms with Gasteiger partial charge in [-0.1, -0.05) is 30.3 Å². The Morgan fingerprint density at radius 2 is 1.86 bits per heavy atom. The van der Waals surface area contributed by atoms with Crippen LogP contribution in [0.4, 0.5) is 0 Å². The lowest BCUT2D eigenvalue weighted by Crippen LogP contribution is -2.55. The molecule has 0 spiro atoms. The normalized spacial score (nSPS) is 27.4. The fourth-order valence-electron chi connectivity index (χ4n) is 3.68. The van der Waals surface area contributed by atoms with E-state index in [4.69, 9.17) is 0 Å². The van der Waals surface area contributed by atoms with Crippen molar-refractivity contribution in [2.45, 2.75) is 31.7 Å². The first kappa shape index (κ1) is 12.9. The summed E-state index contributed by atoms with van der Waals surface area (Å²) in [5.41, 5.74) is 1.23. The molecule has 4 rings (SSSR count). The van der Waals surface area contributed by atoms with Gasteiger partial charge in [0.2, 0.25) is 11.8 Å². The zero-order valence-corrected chi connectivity index (χ0v) is 12.0. The maximum atomic E-state index is 12.4. The van der Waals surface area contributed by atoms with Crippen molar-refractivity contribution in [3.63, 3.8) is 0 Å². The van der Waals surface area contributed by atoms with E-state index in [1.807, 2.05) is 35.2 Å². The van der Waals surface area contributed by atoms with Gasteiger partial charge in [0.25, 0.3) is 0 Å². The van der Waals surface area contributed by atoms with Crippen molar-refractivity contribution in [2.75, 3.05) is 13.1 Å². The topological polar surface area (TPSA) is 49.4 Å². The Bertz CT molecular complexity index is 576. The van der Waals surface area contributed by atoms with Crippen molar-refractivity contribution < 1.29 is 9.59 Å². The van der Waals surface area contributed by atoms with Crippen molar-refractivity contribution in [3.8, 4) is 0 Å². The van der Waals surface area contributed by atoms with Crippen LogP contribution in [0.15, 0.2) is 30.3 Å². The molecule has 1 unspecified atom stereocenters. The molecule has 0 aromatic heterocycles. The monoisotopic (exact) mass is 284 g/mol. The summed E-state index contributed by atoms with van der Waals surface area (Å²) in [7, 11) is 0. The summed E-state index contributed by atoms with van der Waals surface area (Å²) in [6.07, 6.45) is 5.02. The zero-order valence-electron chi connectivity index (χ0n) is 12.0. The molecule has 1 aromatic carbocycles. The number of piperazine rings is 1. The van der Waals surface area contributed by atoms with E-state index >= 15 is 0 Å². The molecule has 1 heterocycles. The minimum Gasteiger partial charge on any atom is -0.345 e.